The fourth-order valence-electron chi connectivity index (χ4n) is 5.33. The molecule has 2 aromatic heterocycles. The highest BCUT2D eigenvalue weighted by molar-refractivity contribution is 5.95. The molecule has 14 heteroatoms. The van der Waals surface area contributed by atoms with Crippen molar-refractivity contribution in [2.75, 3.05) is 5.32 Å². The molecule has 6 rings (SSSR count). The summed E-state index contributed by atoms with van der Waals surface area (Å²) in [6, 6.07) is 26.5. The lowest BCUT2D eigenvalue weighted by Gasteiger charge is -2.23. The summed E-state index contributed by atoms with van der Waals surface area (Å²) < 4.78 is 25.8. The molecule has 0 aliphatic heterocycles. The van der Waals surface area contributed by atoms with Crippen LogP contribution in [0.5, 0.6) is 0 Å². The summed E-state index contributed by atoms with van der Waals surface area (Å²) in [5.41, 5.74) is 6.90. The molecule has 0 radical (unpaired) electrons. The van der Waals surface area contributed by atoms with Crippen LogP contribution in [0.25, 0.3) is 22.5 Å². The molecule has 6 aromatic rings. The van der Waals surface area contributed by atoms with Gasteiger partial charge in [0.25, 0.3) is 5.56 Å². The minimum Gasteiger partial charge on any atom is -0.444 e. The number of nitrogens with one attached hydrogen (secondary N) is 2. The van der Waals surface area contributed by atoms with Crippen LogP contribution in [0.1, 0.15) is 33.5 Å². The Morgan fingerprint density at radius 1 is 0.941 bits per heavy atom. The van der Waals surface area contributed by atoms with Gasteiger partial charge in [-0.05, 0) is 60.0 Å². The molecule has 0 spiro atoms. The number of nitrogens with two attached hydrogens (primary N) is 1. The Bertz CT molecular complexity index is 2240. The van der Waals surface area contributed by atoms with Crippen molar-refractivity contribution in [3.8, 4) is 11.4 Å². The molecule has 5 N–H and O–H groups in total. The van der Waals surface area contributed by atoms with Crippen LogP contribution >= 0.6 is 0 Å². The number of halogens is 1. The van der Waals surface area contributed by atoms with Gasteiger partial charge in [-0.3, -0.25) is 24.3 Å². The molecule has 2 atom stereocenters. The van der Waals surface area contributed by atoms with Crippen LogP contribution in [0.15, 0.2) is 119 Å². The minimum absolute atomic E-state index is 0.0164. The van der Waals surface area contributed by atoms with E-state index >= 15 is 0 Å². The third kappa shape index (κ3) is 8.32. The largest absolute Gasteiger partial charge is 0.444 e. The van der Waals surface area contributed by atoms with Crippen LogP contribution in [0.3, 0.4) is 0 Å². The second-order valence-electron chi connectivity index (χ2n) is 11.5. The Balaban J connectivity index is 1.28. The Hall–Kier alpha value is -6.67. The molecule has 258 valence electrons. The lowest BCUT2D eigenvalue weighted by Crippen LogP contribution is -2.44. The number of fused-ring (bicyclic) bond motifs is 1. The van der Waals surface area contributed by atoms with E-state index in [1.54, 1.807) is 36.4 Å². The molecule has 2 heterocycles. The number of nitrogens with zero attached hydrogens (tertiary/aromatic N) is 3. The van der Waals surface area contributed by atoms with Crippen molar-refractivity contribution in [2.24, 2.45) is 5.73 Å². The number of primary amides is 1. The predicted octanol–water partition coefficient (Wildman–Crippen LogP) is 4.50. The quantitative estimate of drug-likeness (QED) is 0.143. The average molecular weight is 691 g/mol. The van der Waals surface area contributed by atoms with E-state index in [0.29, 0.717) is 5.56 Å². The fourth-order valence-corrected chi connectivity index (χ4v) is 5.33. The molecule has 0 aliphatic rings. The summed E-state index contributed by atoms with van der Waals surface area (Å²) in [5.74, 6) is -2.00. The summed E-state index contributed by atoms with van der Waals surface area (Å²) in [7, 11) is 0. The number of anilines is 1. The van der Waals surface area contributed by atoms with Crippen molar-refractivity contribution >= 4 is 34.7 Å². The van der Waals surface area contributed by atoms with E-state index in [2.05, 4.69) is 20.6 Å². The van der Waals surface area contributed by atoms with Crippen molar-refractivity contribution in [3.05, 3.63) is 148 Å². The van der Waals surface area contributed by atoms with Crippen molar-refractivity contribution in [1.29, 1.82) is 0 Å². The van der Waals surface area contributed by atoms with E-state index in [1.807, 2.05) is 24.3 Å². The van der Waals surface area contributed by atoms with Gasteiger partial charge in [-0.2, -0.15) is 0 Å². The lowest BCUT2D eigenvalue weighted by molar-refractivity contribution is -0.123. The normalized spacial score (nSPS) is 12.2. The molecule has 51 heavy (non-hydrogen) atoms. The summed E-state index contributed by atoms with van der Waals surface area (Å²) in [6.07, 6.45) is -1.14. The highest BCUT2D eigenvalue weighted by Gasteiger charge is 2.29. The van der Waals surface area contributed by atoms with Crippen LogP contribution in [0.2, 0.25) is 0 Å². The van der Waals surface area contributed by atoms with Gasteiger partial charge in [-0.15, -0.1) is 0 Å². The molecule has 13 nitrogen and oxygen atoms in total. The SMILES string of the molecule is NC(=O)c1ccc2oc(C(O)C(Cc3ccccc3)NC(=O)Cn3c(-c4ccc(F)cc4)ncc(NC(=O)OCc4ccccc4)c3=O)nc2c1. The predicted molar refractivity (Wildman–Crippen MR) is 184 cm³/mol. The van der Waals surface area contributed by atoms with Crippen LogP contribution in [-0.4, -0.2) is 43.6 Å². The number of benzene rings is 4. The average Bonchev–Trinajstić information content (AvgIpc) is 3.57. The zero-order chi connectivity index (χ0) is 35.9. The van der Waals surface area contributed by atoms with Gasteiger partial charge in [0.05, 0.1) is 12.2 Å². The highest BCUT2D eigenvalue weighted by Crippen LogP contribution is 2.25. The summed E-state index contributed by atoms with van der Waals surface area (Å²) >= 11 is 0. The maximum atomic E-state index is 13.8. The van der Waals surface area contributed by atoms with E-state index in [0.717, 1.165) is 21.9 Å². The second-order valence-corrected chi connectivity index (χ2v) is 11.5. The molecule has 0 fully saturated rings. The smallest absolute Gasteiger partial charge is 0.412 e. The van der Waals surface area contributed by atoms with Crippen LogP contribution in [0.4, 0.5) is 14.9 Å². The third-order valence-electron chi connectivity index (χ3n) is 7.87. The Morgan fingerprint density at radius 2 is 1.63 bits per heavy atom. The first-order valence-corrected chi connectivity index (χ1v) is 15.7. The van der Waals surface area contributed by atoms with Gasteiger partial charge in [0.2, 0.25) is 17.7 Å². The van der Waals surface area contributed by atoms with Crippen molar-refractivity contribution < 1.29 is 33.0 Å². The van der Waals surface area contributed by atoms with E-state index < -0.39 is 48.0 Å². The number of carbonyl (C=O) groups is 3. The van der Waals surface area contributed by atoms with E-state index in [4.69, 9.17) is 14.9 Å². The Labute approximate surface area is 289 Å². The molecule has 0 bridgehead atoms. The first-order chi connectivity index (χ1) is 24.6. The zero-order valence-corrected chi connectivity index (χ0v) is 26.9. The third-order valence-corrected chi connectivity index (χ3v) is 7.87. The molecule has 0 aliphatic carbocycles. The molecule has 3 amide bonds. The van der Waals surface area contributed by atoms with Gasteiger partial charge in [-0.25, -0.2) is 19.2 Å². The van der Waals surface area contributed by atoms with E-state index in [1.165, 1.54) is 42.5 Å². The molecule has 0 saturated heterocycles. The number of hydrogen-bond donors (Lipinski definition) is 4. The number of ether oxygens (including phenoxy) is 1. The molecular formula is C37H31FN6O7. The lowest BCUT2D eigenvalue weighted by atomic mass is 10.0. The van der Waals surface area contributed by atoms with Crippen molar-refractivity contribution in [1.82, 2.24) is 19.9 Å². The number of aliphatic hydroxyl groups excluding tert-OH is 1. The number of aromatic nitrogens is 3. The van der Waals surface area contributed by atoms with Crippen LogP contribution in [-0.2, 0) is 29.1 Å². The number of oxazole rings is 1. The zero-order valence-electron chi connectivity index (χ0n) is 26.9. The molecule has 2 unspecified atom stereocenters. The van der Waals surface area contributed by atoms with Crippen molar-refractivity contribution in [3.63, 3.8) is 0 Å². The van der Waals surface area contributed by atoms with Crippen LogP contribution < -0.4 is 21.9 Å². The topological polar surface area (TPSA) is 192 Å². The van der Waals surface area contributed by atoms with Gasteiger partial charge >= 0.3 is 6.09 Å². The summed E-state index contributed by atoms with van der Waals surface area (Å²) in [4.78, 5) is 60.5. The maximum Gasteiger partial charge on any atom is 0.412 e. The number of amides is 3. The van der Waals surface area contributed by atoms with E-state index in [9.17, 15) is 28.7 Å². The second kappa shape index (κ2) is 15.3. The van der Waals surface area contributed by atoms with Gasteiger partial charge in [0.1, 0.15) is 36.0 Å². The summed E-state index contributed by atoms with van der Waals surface area (Å²) in [6.45, 7) is -0.664. The maximum absolute atomic E-state index is 13.8. The van der Waals surface area contributed by atoms with Crippen molar-refractivity contribution in [2.45, 2.75) is 31.7 Å². The molecule has 4 aromatic carbocycles. The number of carbonyl (C=O) groups excluding carboxylic acids is 3. The molecule has 0 saturated carbocycles. The van der Waals surface area contributed by atoms with Gasteiger partial charge in [0.15, 0.2) is 11.7 Å². The van der Waals surface area contributed by atoms with E-state index in [-0.39, 0.29) is 47.1 Å². The fraction of sp³-hybridized carbons (Fsp3) is 0.135. The number of aliphatic hydroxyl groups is 1. The van der Waals surface area contributed by atoms with Gasteiger partial charge < -0.3 is 25.3 Å². The Kier molecular flexibility index (Phi) is 10.2. The minimum atomic E-state index is -1.47. The first-order valence-electron chi connectivity index (χ1n) is 15.7. The monoisotopic (exact) mass is 690 g/mol. The number of rotatable bonds is 12. The Morgan fingerprint density at radius 3 is 2.31 bits per heavy atom. The first kappa shape index (κ1) is 34.2. The summed E-state index contributed by atoms with van der Waals surface area (Å²) in [5, 5.41) is 16.6. The van der Waals surface area contributed by atoms with Crippen LogP contribution in [0, 0.1) is 5.82 Å². The van der Waals surface area contributed by atoms with Gasteiger partial charge in [-0.1, -0.05) is 60.7 Å². The standard InChI is InChI=1S/C37H31FN6O7/c38-26-14-11-24(12-15-26)34-40-19-29(43-37(49)50-21-23-9-5-2-6-10-23)36(48)44(34)20-31(45)41-28(17-22-7-3-1-4-8-22)32(46)35-42-27-18-25(33(39)47)13-16-30(27)51-35/h1-16,18-19,28,32,46H,17,20-21H2,(H2,39,47)(H,41,45)(H,43,49). The molecular weight excluding hydrogens is 659 g/mol. The van der Waals surface area contributed by atoms with Gasteiger partial charge in [0, 0.05) is 11.1 Å². The number of hydrogen-bond acceptors (Lipinski definition) is 9. The highest BCUT2D eigenvalue weighted by atomic mass is 19.1.